The molecule has 4 nitrogen and oxygen atoms in total. The van der Waals surface area contributed by atoms with Crippen molar-refractivity contribution in [1.82, 2.24) is 5.32 Å². The molecule has 0 spiro atoms. The van der Waals surface area contributed by atoms with Crippen molar-refractivity contribution in [1.29, 1.82) is 0 Å². The summed E-state index contributed by atoms with van der Waals surface area (Å²) in [6.07, 6.45) is -0.918. The summed E-state index contributed by atoms with van der Waals surface area (Å²) in [5, 5.41) is 12.1. The molecular formula is C12H17FN2O2. The van der Waals surface area contributed by atoms with E-state index in [9.17, 15) is 14.3 Å². The van der Waals surface area contributed by atoms with Crippen LogP contribution in [0.25, 0.3) is 0 Å². The summed E-state index contributed by atoms with van der Waals surface area (Å²) >= 11 is 0. The van der Waals surface area contributed by atoms with E-state index >= 15 is 0 Å². The van der Waals surface area contributed by atoms with Gasteiger partial charge in [-0.25, -0.2) is 4.39 Å². The molecule has 1 atom stereocenters. The van der Waals surface area contributed by atoms with Crippen LogP contribution in [0.2, 0.25) is 0 Å². The third-order valence-corrected chi connectivity index (χ3v) is 2.52. The van der Waals surface area contributed by atoms with E-state index in [1.165, 1.54) is 20.0 Å². The molecule has 1 unspecified atom stereocenters. The van der Waals surface area contributed by atoms with Gasteiger partial charge in [-0.1, -0.05) is 6.07 Å². The smallest absolute Gasteiger partial charge is 0.239 e. The fourth-order valence-corrected chi connectivity index (χ4v) is 1.65. The van der Waals surface area contributed by atoms with Gasteiger partial charge in [0, 0.05) is 25.3 Å². The van der Waals surface area contributed by atoms with Crippen molar-refractivity contribution in [2.75, 3.05) is 25.5 Å². The summed E-state index contributed by atoms with van der Waals surface area (Å²) in [5.41, 5.74) is 0.725. The molecule has 1 rings (SSSR count). The number of likely N-dealkylation sites (N-methyl/N-ethyl adjacent to an activating group) is 2. The van der Waals surface area contributed by atoms with Crippen LogP contribution in [0.5, 0.6) is 0 Å². The molecule has 0 saturated carbocycles. The molecule has 5 heteroatoms. The first-order valence-electron chi connectivity index (χ1n) is 5.35. The fraction of sp³-hybridized carbons (Fsp3) is 0.417. The normalized spacial score (nSPS) is 12.1. The van der Waals surface area contributed by atoms with Crippen LogP contribution < -0.4 is 10.2 Å². The number of amides is 1. The maximum atomic E-state index is 13.6. The summed E-state index contributed by atoms with van der Waals surface area (Å²) in [6.45, 7) is 1.61. The molecule has 0 aliphatic carbocycles. The lowest BCUT2D eigenvalue weighted by Crippen LogP contribution is -2.33. The number of aliphatic hydroxyl groups excluding tert-OH is 1. The number of nitrogens with one attached hydrogen (secondary N) is 1. The van der Waals surface area contributed by atoms with Gasteiger partial charge < -0.3 is 15.3 Å². The van der Waals surface area contributed by atoms with E-state index < -0.39 is 11.9 Å². The number of hydrogen-bond donors (Lipinski definition) is 2. The maximum Gasteiger partial charge on any atom is 0.239 e. The number of hydrogen-bond acceptors (Lipinski definition) is 3. The summed E-state index contributed by atoms with van der Waals surface area (Å²) < 4.78 is 13.6. The number of benzene rings is 1. The van der Waals surface area contributed by atoms with Gasteiger partial charge in [0.1, 0.15) is 5.82 Å². The van der Waals surface area contributed by atoms with Crippen LogP contribution in [0, 0.1) is 5.82 Å². The Kier molecular flexibility index (Phi) is 4.45. The minimum absolute atomic E-state index is 0.111. The zero-order valence-corrected chi connectivity index (χ0v) is 10.2. The topological polar surface area (TPSA) is 52.6 Å². The highest BCUT2D eigenvalue weighted by molar-refractivity contribution is 5.81. The van der Waals surface area contributed by atoms with E-state index in [2.05, 4.69) is 5.32 Å². The van der Waals surface area contributed by atoms with Gasteiger partial charge in [0.15, 0.2) is 0 Å². The zero-order valence-electron chi connectivity index (χ0n) is 10.2. The fourth-order valence-electron chi connectivity index (χ4n) is 1.65. The highest BCUT2D eigenvalue weighted by Crippen LogP contribution is 2.27. The maximum absolute atomic E-state index is 13.6. The van der Waals surface area contributed by atoms with E-state index in [1.54, 1.807) is 24.1 Å². The lowest BCUT2D eigenvalue weighted by atomic mass is 10.1. The van der Waals surface area contributed by atoms with Crippen LogP contribution in [0.3, 0.4) is 0 Å². The summed E-state index contributed by atoms with van der Waals surface area (Å²) in [7, 11) is 3.22. The first kappa shape index (κ1) is 13.4. The van der Waals surface area contributed by atoms with Crippen LogP contribution in [0.15, 0.2) is 18.2 Å². The predicted molar refractivity (Wildman–Crippen MR) is 64.4 cm³/mol. The average Bonchev–Trinajstić information content (AvgIpc) is 2.27. The average molecular weight is 240 g/mol. The summed E-state index contributed by atoms with van der Waals surface area (Å²) in [4.78, 5) is 12.9. The van der Waals surface area contributed by atoms with Gasteiger partial charge in [-0.05, 0) is 19.1 Å². The minimum Gasteiger partial charge on any atom is -0.389 e. The first-order valence-corrected chi connectivity index (χ1v) is 5.35. The Morgan fingerprint density at radius 2 is 2.24 bits per heavy atom. The summed E-state index contributed by atoms with van der Waals surface area (Å²) in [5.74, 6) is -0.644. The number of aliphatic hydroxyl groups is 1. The third kappa shape index (κ3) is 3.17. The number of anilines is 1. The Morgan fingerprint density at radius 3 is 2.76 bits per heavy atom. The molecule has 0 aromatic heterocycles. The quantitative estimate of drug-likeness (QED) is 0.827. The highest BCUT2D eigenvalue weighted by atomic mass is 19.1. The van der Waals surface area contributed by atoms with E-state index in [4.69, 9.17) is 0 Å². The van der Waals surface area contributed by atoms with E-state index in [1.807, 2.05) is 0 Å². The second-order valence-corrected chi connectivity index (χ2v) is 3.88. The Bertz CT molecular complexity index is 407. The van der Waals surface area contributed by atoms with Crippen molar-refractivity contribution >= 4 is 11.6 Å². The molecule has 0 bridgehead atoms. The van der Waals surface area contributed by atoms with E-state index in [0.717, 1.165) is 0 Å². The Hall–Kier alpha value is -1.62. The predicted octanol–water partition coefficient (Wildman–Crippen LogP) is 1.06. The van der Waals surface area contributed by atoms with E-state index in [0.29, 0.717) is 5.69 Å². The van der Waals surface area contributed by atoms with Crippen LogP contribution in [-0.2, 0) is 4.79 Å². The first-order chi connectivity index (χ1) is 7.97. The van der Waals surface area contributed by atoms with Crippen molar-refractivity contribution < 1.29 is 14.3 Å². The third-order valence-electron chi connectivity index (χ3n) is 2.52. The van der Waals surface area contributed by atoms with Crippen molar-refractivity contribution in [3.8, 4) is 0 Å². The monoisotopic (exact) mass is 240 g/mol. The molecule has 1 aromatic carbocycles. The van der Waals surface area contributed by atoms with Crippen LogP contribution in [-0.4, -0.2) is 31.7 Å². The summed E-state index contributed by atoms with van der Waals surface area (Å²) in [6, 6.07) is 4.52. The molecule has 2 N–H and O–H groups in total. The number of rotatable bonds is 4. The van der Waals surface area contributed by atoms with Crippen LogP contribution >= 0.6 is 0 Å². The molecule has 0 fully saturated rings. The van der Waals surface area contributed by atoms with Crippen molar-refractivity contribution in [3.05, 3.63) is 29.6 Å². The van der Waals surface area contributed by atoms with Crippen molar-refractivity contribution in [2.24, 2.45) is 0 Å². The second-order valence-electron chi connectivity index (χ2n) is 3.88. The number of carbonyl (C=O) groups excluding carboxylic acids is 1. The van der Waals surface area contributed by atoms with Gasteiger partial charge in [-0.2, -0.15) is 0 Å². The largest absolute Gasteiger partial charge is 0.389 e. The molecule has 0 radical (unpaired) electrons. The SMILES string of the molecule is CNC(=O)CN(C)c1cccc(F)c1C(C)O. The molecule has 94 valence electrons. The minimum atomic E-state index is -0.918. The number of halogens is 1. The van der Waals surface area contributed by atoms with E-state index in [-0.39, 0.29) is 18.0 Å². The van der Waals surface area contributed by atoms with Crippen molar-refractivity contribution in [3.63, 3.8) is 0 Å². The Balaban J connectivity index is 3.04. The second kappa shape index (κ2) is 5.63. The molecule has 17 heavy (non-hydrogen) atoms. The van der Waals surface area contributed by atoms with Gasteiger partial charge >= 0.3 is 0 Å². The van der Waals surface area contributed by atoms with Gasteiger partial charge in [-0.15, -0.1) is 0 Å². The standard InChI is InChI=1S/C12H17FN2O2/c1-8(16)12-9(13)5-4-6-10(12)15(3)7-11(17)14-2/h4-6,8,16H,7H2,1-3H3,(H,14,17). The van der Waals surface area contributed by atoms with Gasteiger partial charge in [-0.3, -0.25) is 4.79 Å². The number of carbonyl (C=O) groups is 1. The number of nitrogens with zero attached hydrogens (tertiary/aromatic N) is 1. The molecule has 0 aliphatic rings. The highest BCUT2D eigenvalue weighted by Gasteiger charge is 2.17. The molecule has 1 aromatic rings. The van der Waals surface area contributed by atoms with Crippen LogP contribution in [0.1, 0.15) is 18.6 Å². The Labute approximate surface area is 100 Å². The molecule has 1 amide bonds. The molecule has 0 saturated heterocycles. The molecule has 0 heterocycles. The van der Waals surface area contributed by atoms with Gasteiger partial charge in [0.25, 0.3) is 0 Å². The molecular weight excluding hydrogens is 223 g/mol. The lowest BCUT2D eigenvalue weighted by molar-refractivity contribution is -0.119. The van der Waals surface area contributed by atoms with Crippen molar-refractivity contribution in [2.45, 2.75) is 13.0 Å². The lowest BCUT2D eigenvalue weighted by Gasteiger charge is -2.23. The Morgan fingerprint density at radius 1 is 1.59 bits per heavy atom. The van der Waals surface area contributed by atoms with Gasteiger partial charge in [0.05, 0.1) is 12.6 Å². The molecule has 0 aliphatic heterocycles. The van der Waals surface area contributed by atoms with Gasteiger partial charge in [0.2, 0.25) is 5.91 Å². The van der Waals surface area contributed by atoms with Crippen LogP contribution in [0.4, 0.5) is 10.1 Å². The zero-order chi connectivity index (χ0) is 13.0.